The lowest BCUT2D eigenvalue weighted by atomic mass is 9.90. The molecule has 27 heavy (non-hydrogen) atoms. The predicted octanol–water partition coefficient (Wildman–Crippen LogP) is 4.04. The number of fused-ring (bicyclic) bond motifs is 1. The number of amides is 2. The Morgan fingerprint density at radius 1 is 1.26 bits per heavy atom. The first-order valence-electron chi connectivity index (χ1n) is 9.63. The molecule has 2 amide bonds. The van der Waals surface area contributed by atoms with Gasteiger partial charge in [0.1, 0.15) is 5.65 Å². The Morgan fingerprint density at radius 3 is 2.96 bits per heavy atom. The Bertz CT molecular complexity index is 962. The maximum Gasteiger partial charge on any atom is 0.317 e. The number of piperidine rings is 1. The number of carbonyl (C=O) groups excluding carboxylic acids is 1. The number of urea groups is 1. The van der Waals surface area contributed by atoms with Crippen molar-refractivity contribution in [3.05, 3.63) is 71.2 Å². The van der Waals surface area contributed by atoms with Crippen molar-refractivity contribution in [2.45, 2.75) is 39.2 Å². The number of pyridine rings is 1. The van der Waals surface area contributed by atoms with E-state index in [-0.39, 0.29) is 6.03 Å². The molecule has 0 bridgehead atoms. The fourth-order valence-electron chi connectivity index (χ4n) is 3.93. The minimum atomic E-state index is 0.00105. The van der Waals surface area contributed by atoms with Gasteiger partial charge in [-0.3, -0.25) is 0 Å². The minimum absolute atomic E-state index is 0.00105. The molecule has 5 heteroatoms. The average Bonchev–Trinajstić information content (AvgIpc) is 3.11. The number of carbonyl (C=O) groups is 1. The lowest BCUT2D eigenvalue weighted by molar-refractivity contribution is 0.179. The van der Waals surface area contributed by atoms with Crippen LogP contribution in [0, 0.1) is 13.8 Å². The van der Waals surface area contributed by atoms with Crippen LogP contribution in [0.25, 0.3) is 5.65 Å². The molecule has 0 unspecified atom stereocenters. The van der Waals surface area contributed by atoms with Crippen molar-refractivity contribution in [2.24, 2.45) is 0 Å². The standard InChI is InChI=1S/C22H26N4O/c1-16-6-3-8-18(12-16)19-9-5-11-26(14-19)22(27)23-13-20-15-25-10-4-7-17(2)21(25)24-20/h3-4,6-8,10,12,15,19H,5,9,11,13-14H2,1-2H3,(H,23,27)/t19-/m0/s1. The molecular formula is C22H26N4O. The Balaban J connectivity index is 1.39. The molecule has 0 radical (unpaired) electrons. The molecule has 1 atom stereocenters. The van der Waals surface area contributed by atoms with E-state index in [9.17, 15) is 4.79 Å². The number of rotatable bonds is 3. The van der Waals surface area contributed by atoms with E-state index in [1.54, 1.807) is 0 Å². The fraction of sp³-hybridized carbons (Fsp3) is 0.364. The van der Waals surface area contributed by atoms with E-state index >= 15 is 0 Å². The largest absolute Gasteiger partial charge is 0.332 e. The number of hydrogen-bond donors (Lipinski definition) is 1. The van der Waals surface area contributed by atoms with Crippen molar-refractivity contribution >= 4 is 11.7 Å². The fourth-order valence-corrected chi connectivity index (χ4v) is 3.93. The third-order valence-electron chi connectivity index (χ3n) is 5.37. The Hall–Kier alpha value is -2.82. The van der Waals surface area contributed by atoms with Gasteiger partial charge in [-0.15, -0.1) is 0 Å². The quantitative estimate of drug-likeness (QED) is 0.764. The van der Waals surface area contributed by atoms with Crippen molar-refractivity contribution in [2.75, 3.05) is 13.1 Å². The molecule has 0 saturated carbocycles. The van der Waals surface area contributed by atoms with Crippen LogP contribution in [-0.2, 0) is 6.54 Å². The number of nitrogens with one attached hydrogen (secondary N) is 1. The molecule has 1 aliphatic heterocycles. The first-order valence-corrected chi connectivity index (χ1v) is 9.63. The first kappa shape index (κ1) is 17.6. The van der Waals surface area contributed by atoms with Gasteiger partial charge < -0.3 is 14.6 Å². The Labute approximate surface area is 160 Å². The predicted molar refractivity (Wildman–Crippen MR) is 107 cm³/mol. The number of benzene rings is 1. The van der Waals surface area contributed by atoms with Crippen LogP contribution in [0.3, 0.4) is 0 Å². The van der Waals surface area contributed by atoms with E-state index in [1.807, 2.05) is 40.8 Å². The molecule has 1 aliphatic rings. The number of nitrogens with zero attached hydrogens (tertiary/aromatic N) is 3. The first-order chi connectivity index (χ1) is 13.1. The summed E-state index contributed by atoms with van der Waals surface area (Å²) in [6.45, 7) is 6.21. The summed E-state index contributed by atoms with van der Waals surface area (Å²) in [5.74, 6) is 0.419. The van der Waals surface area contributed by atoms with Crippen molar-refractivity contribution in [3.63, 3.8) is 0 Å². The van der Waals surface area contributed by atoms with Gasteiger partial charge in [-0.05, 0) is 43.9 Å². The zero-order valence-corrected chi connectivity index (χ0v) is 16.0. The number of aromatic nitrogens is 2. The molecule has 1 N–H and O–H groups in total. The van der Waals surface area contributed by atoms with Gasteiger partial charge in [0.25, 0.3) is 0 Å². The molecule has 4 rings (SSSR count). The molecule has 3 heterocycles. The molecule has 5 nitrogen and oxygen atoms in total. The molecule has 0 aliphatic carbocycles. The van der Waals surface area contributed by atoms with E-state index < -0.39 is 0 Å². The summed E-state index contributed by atoms with van der Waals surface area (Å²) in [6, 6.07) is 12.7. The molecular weight excluding hydrogens is 336 g/mol. The van der Waals surface area contributed by atoms with Crippen LogP contribution in [0.2, 0.25) is 0 Å². The van der Waals surface area contributed by atoms with Gasteiger partial charge in [-0.1, -0.05) is 35.9 Å². The van der Waals surface area contributed by atoms with Gasteiger partial charge >= 0.3 is 6.03 Å². The summed E-state index contributed by atoms with van der Waals surface area (Å²) in [5.41, 5.74) is 5.57. The lowest BCUT2D eigenvalue weighted by Gasteiger charge is -2.33. The summed E-state index contributed by atoms with van der Waals surface area (Å²) in [4.78, 5) is 19.3. The van der Waals surface area contributed by atoms with Crippen molar-refractivity contribution in [3.8, 4) is 0 Å². The van der Waals surface area contributed by atoms with E-state index in [0.717, 1.165) is 42.8 Å². The molecule has 140 valence electrons. The van der Waals surface area contributed by atoms with Gasteiger partial charge in [-0.25, -0.2) is 9.78 Å². The van der Waals surface area contributed by atoms with Crippen LogP contribution in [0.4, 0.5) is 4.79 Å². The average molecular weight is 362 g/mol. The minimum Gasteiger partial charge on any atom is -0.332 e. The molecule has 1 aromatic carbocycles. The maximum atomic E-state index is 12.7. The van der Waals surface area contributed by atoms with Crippen molar-refractivity contribution in [1.82, 2.24) is 19.6 Å². The van der Waals surface area contributed by atoms with E-state index in [2.05, 4.69) is 41.5 Å². The maximum absolute atomic E-state index is 12.7. The third-order valence-corrected chi connectivity index (χ3v) is 5.37. The van der Waals surface area contributed by atoms with Gasteiger partial charge in [0.05, 0.1) is 12.2 Å². The van der Waals surface area contributed by atoms with Gasteiger partial charge in [0.2, 0.25) is 0 Å². The van der Waals surface area contributed by atoms with Gasteiger partial charge in [0, 0.05) is 31.4 Å². The van der Waals surface area contributed by atoms with Crippen LogP contribution in [0.15, 0.2) is 48.8 Å². The Kier molecular flexibility index (Phi) is 4.84. The highest BCUT2D eigenvalue weighted by Crippen LogP contribution is 2.27. The third kappa shape index (κ3) is 3.82. The highest BCUT2D eigenvalue weighted by atomic mass is 16.2. The SMILES string of the molecule is Cc1cccc([C@H]2CCCN(C(=O)NCc3cn4cccc(C)c4n3)C2)c1. The van der Waals surface area contributed by atoms with Gasteiger partial charge in [0.15, 0.2) is 0 Å². The summed E-state index contributed by atoms with van der Waals surface area (Å²) >= 11 is 0. The lowest BCUT2D eigenvalue weighted by Crippen LogP contribution is -2.44. The summed E-state index contributed by atoms with van der Waals surface area (Å²) in [6.07, 6.45) is 6.14. The van der Waals surface area contributed by atoms with E-state index in [0.29, 0.717) is 12.5 Å². The highest BCUT2D eigenvalue weighted by Gasteiger charge is 2.24. The summed E-state index contributed by atoms with van der Waals surface area (Å²) in [7, 11) is 0. The number of aryl methyl sites for hydroxylation is 2. The van der Waals surface area contributed by atoms with Crippen molar-refractivity contribution < 1.29 is 4.79 Å². The van der Waals surface area contributed by atoms with E-state index in [4.69, 9.17) is 0 Å². The summed E-state index contributed by atoms with van der Waals surface area (Å²) in [5, 5.41) is 3.04. The van der Waals surface area contributed by atoms with Crippen LogP contribution < -0.4 is 5.32 Å². The number of imidazole rings is 1. The van der Waals surface area contributed by atoms with Gasteiger partial charge in [-0.2, -0.15) is 0 Å². The Morgan fingerprint density at radius 2 is 2.15 bits per heavy atom. The summed E-state index contributed by atoms with van der Waals surface area (Å²) < 4.78 is 2.01. The van der Waals surface area contributed by atoms with E-state index in [1.165, 1.54) is 11.1 Å². The second-order valence-electron chi connectivity index (χ2n) is 7.51. The molecule has 0 spiro atoms. The zero-order chi connectivity index (χ0) is 18.8. The molecule has 2 aromatic heterocycles. The second-order valence-corrected chi connectivity index (χ2v) is 7.51. The smallest absolute Gasteiger partial charge is 0.317 e. The zero-order valence-electron chi connectivity index (χ0n) is 16.0. The molecule has 1 saturated heterocycles. The highest BCUT2D eigenvalue weighted by molar-refractivity contribution is 5.74. The van der Waals surface area contributed by atoms with Crippen LogP contribution in [0.5, 0.6) is 0 Å². The number of hydrogen-bond acceptors (Lipinski definition) is 2. The second kappa shape index (κ2) is 7.43. The monoisotopic (exact) mass is 362 g/mol. The molecule has 3 aromatic rings. The van der Waals surface area contributed by atoms with Crippen LogP contribution >= 0.6 is 0 Å². The topological polar surface area (TPSA) is 49.6 Å². The van der Waals surface area contributed by atoms with Crippen LogP contribution in [0.1, 0.15) is 41.1 Å². The van der Waals surface area contributed by atoms with Crippen molar-refractivity contribution in [1.29, 1.82) is 0 Å². The van der Waals surface area contributed by atoms with Crippen LogP contribution in [-0.4, -0.2) is 33.4 Å². The number of likely N-dealkylation sites (tertiary alicyclic amines) is 1. The molecule has 1 fully saturated rings. The normalized spacial score (nSPS) is 17.3.